The van der Waals surface area contributed by atoms with Crippen molar-refractivity contribution >= 4 is 21.6 Å². The van der Waals surface area contributed by atoms with E-state index in [1.807, 2.05) is 30.3 Å². The predicted molar refractivity (Wildman–Crippen MR) is 108 cm³/mol. The molecule has 28 heavy (non-hydrogen) atoms. The lowest BCUT2D eigenvalue weighted by atomic mass is 10.0. The molecule has 0 fully saturated rings. The summed E-state index contributed by atoms with van der Waals surface area (Å²) >= 11 is 1.67. The lowest BCUT2D eigenvalue weighted by molar-refractivity contribution is 0.171. The number of aromatic nitrogens is 1. The fourth-order valence-corrected chi connectivity index (χ4v) is 4.53. The van der Waals surface area contributed by atoms with E-state index in [2.05, 4.69) is 24.3 Å². The molecule has 0 saturated carbocycles. The number of fused-ring (bicyclic) bond motifs is 3. The zero-order valence-corrected chi connectivity index (χ0v) is 15.6. The van der Waals surface area contributed by atoms with Gasteiger partial charge >= 0.3 is 0 Å². The quantitative estimate of drug-likeness (QED) is 0.476. The topological polar surface area (TPSA) is 49.8 Å². The molecule has 0 radical (unpaired) electrons. The molecule has 3 heterocycles. The van der Waals surface area contributed by atoms with Crippen LogP contribution in [0.25, 0.3) is 31.9 Å². The Labute approximate surface area is 165 Å². The van der Waals surface area contributed by atoms with Gasteiger partial charge in [-0.3, -0.25) is 0 Å². The first-order chi connectivity index (χ1) is 13.8. The van der Waals surface area contributed by atoms with Gasteiger partial charge in [-0.25, -0.2) is 4.98 Å². The SMILES string of the molecule is c1cc(-c2ccc3c(c2)OCCO3)c2nc(-c3ccc4c(c3)OCO4)sc2c1. The number of hydrogen-bond acceptors (Lipinski definition) is 6. The maximum Gasteiger partial charge on any atom is 0.231 e. The third-order valence-corrected chi connectivity index (χ3v) is 5.96. The van der Waals surface area contributed by atoms with E-state index < -0.39 is 0 Å². The average Bonchev–Trinajstić information content (AvgIpc) is 3.39. The number of hydrogen-bond donors (Lipinski definition) is 0. The maximum atomic E-state index is 5.75. The summed E-state index contributed by atoms with van der Waals surface area (Å²) < 4.78 is 23.4. The molecule has 5 nitrogen and oxygen atoms in total. The Kier molecular flexibility index (Phi) is 3.46. The van der Waals surface area contributed by atoms with E-state index in [-0.39, 0.29) is 6.79 Å². The molecular weight excluding hydrogens is 374 g/mol. The van der Waals surface area contributed by atoms with Crippen LogP contribution >= 0.6 is 11.3 Å². The Balaban J connectivity index is 1.46. The van der Waals surface area contributed by atoms with Crippen molar-refractivity contribution in [3.05, 3.63) is 54.6 Å². The Bertz CT molecular complexity index is 1220. The number of benzene rings is 3. The van der Waals surface area contributed by atoms with Gasteiger partial charge in [0.05, 0.1) is 10.2 Å². The van der Waals surface area contributed by atoms with E-state index in [0.29, 0.717) is 13.2 Å². The van der Waals surface area contributed by atoms with E-state index in [9.17, 15) is 0 Å². The summed E-state index contributed by atoms with van der Waals surface area (Å²) in [4.78, 5) is 4.95. The second-order valence-corrected chi connectivity index (χ2v) is 7.63. The van der Waals surface area contributed by atoms with E-state index >= 15 is 0 Å². The molecule has 0 spiro atoms. The molecule has 0 amide bonds. The second kappa shape index (κ2) is 6.14. The van der Waals surface area contributed by atoms with Gasteiger partial charge in [0.15, 0.2) is 23.0 Å². The van der Waals surface area contributed by atoms with Crippen molar-refractivity contribution in [2.75, 3.05) is 20.0 Å². The summed E-state index contributed by atoms with van der Waals surface area (Å²) in [5.74, 6) is 3.12. The molecule has 0 bridgehead atoms. The predicted octanol–water partition coefficient (Wildman–Crippen LogP) is 5.13. The van der Waals surface area contributed by atoms with Crippen LogP contribution in [0.1, 0.15) is 0 Å². The van der Waals surface area contributed by atoms with E-state index in [1.54, 1.807) is 11.3 Å². The van der Waals surface area contributed by atoms with Gasteiger partial charge in [-0.05, 0) is 42.0 Å². The van der Waals surface area contributed by atoms with Gasteiger partial charge in [0.2, 0.25) is 6.79 Å². The molecule has 2 aliphatic heterocycles. The van der Waals surface area contributed by atoms with Gasteiger partial charge in [-0.15, -0.1) is 11.3 Å². The first-order valence-electron chi connectivity index (χ1n) is 9.05. The Morgan fingerprint density at radius 2 is 1.43 bits per heavy atom. The molecule has 3 aromatic carbocycles. The fourth-order valence-electron chi connectivity index (χ4n) is 3.55. The molecule has 0 saturated heterocycles. The number of thiazole rings is 1. The minimum atomic E-state index is 0.271. The van der Waals surface area contributed by atoms with Crippen LogP contribution in [0.3, 0.4) is 0 Å². The largest absolute Gasteiger partial charge is 0.486 e. The van der Waals surface area contributed by atoms with Crippen LogP contribution in [0.5, 0.6) is 23.0 Å². The van der Waals surface area contributed by atoms with E-state index in [4.69, 9.17) is 23.9 Å². The summed E-state index contributed by atoms with van der Waals surface area (Å²) in [6, 6.07) is 18.3. The van der Waals surface area contributed by atoms with Crippen molar-refractivity contribution < 1.29 is 18.9 Å². The Hall–Kier alpha value is -3.25. The van der Waals surface area contributed by atoms with E-state index in [0.717, 1.165) is 54.9 Å². The molecule has 2 aliphatic rings. The number of nitrogens with zero attached hydrogens (tertiary/aromatic N) is 1. The summed E-state index contributed by atoms with van der Waals surface area (Å²) in [5.41, 5.74) is 4.16. The molecule has 0 unspecified atom stereocenters. The van der Waals surface area contributed by atoms with E-state index in [1.165, 1.54) is 0 Å². The highest BCUT2D eigenvalue weighted by Crippen LogP contribution is 2.41. The molecule has 6 heteroatoms. The zero-order valence-electron chi connectivity index (χ0n) is 14.8. The van der Waals surface area contributed by atoms with Gasteiger partial charge in [0.25, 0.3) is 0 Å². The molecule has 1 aromatic heterocycles. The summed E-state index contributed by atoms with van der Waals surface area (Å²) in [6.07, 6.45) is 0. The van der Waals surface area contributed by atoms with Gasteiger partial charge in [0.1, 0.15) is 18.2 Å². The molecule has 6 rings (SSSR count). The minimum absolute atomic E-state index is 0.271. The smallest absolute Gasteiger partial charge is 0.231 e. The van der Waals surface area contributed by atoms with Crippen molar-refractivity contribution in [2.45, 2.75) is 0 Å². The Morgan fingerprint density at radius 3 is 2.36 bits per heavy atom. The summed E-state index contributed by atoms with van der Waals surface area (Å²) in [7, 11) is 0. The normalized spacial score (nSPS) is 14.4. The van der Waals surface area contributed by atoms with Gasteiger partial charge in [-0.2, -0.15) is 0 Å². The lowest BCUT2D eigenvalue weighted by Gasteiger charge is -2.19. The Morgan fingerprint density at radius 1 is 0.714 bits per heavy atom. The molecule has 4 aromatic rings. The summed E-state index contributed by atoms with van der Waals surface area (Å²) in [6.45, 7) is 1.44. The van der Waals surface area contributed by atoms with Crippen LogP contribution in [-0.4, -0.2) is 25.0 Å². The highest BCUT2D eigenvalue weighted by molar-refractivity contribution is 7.21. The summed E-state index contributed by atoms with van der Waals surface area (Å²) in [5, 5.41) is 0.957. The first-order valence-corrected chi connectivity index (χ1v) is 9.86. The van der Waals surface area contributed by atoms with Crippen LogP contribution in [0.2, 0.25) is 0 Å². The highest BCUT2D eigenvalue weighted by atomic mass is 32.1. The highest BCUT2D eigenvalue weighted by Gasteiger charge is 2.18. The third-order valence-electron chi connectivity index (χ3n) is 4.89. The van der Waals surface area contributed by atoms with Crippen molar-refractivity contribution in [1.82, 2.24) is 4.98 Å². The third kappa shape index (κ3) is 2.49. The van der Waals surface area contributed by atoms with Gasteiger partial charge < -0.3 is 18.9 Å². The molecule has 138 valence electrons. The molecule has 0 aliphatic carbocycles. The molecular formula is C22H15NO4S. The van der Waals surface area contributed by atoms with Gasteiger partial charge in [0, 0.05) is 11.1 Å². The zero-order chi connectivity index (χ0) is 18.5. The fraction of sp³-hybridized carbons (Fsp3) is 0.136. The number of ether oxygens (including phenoxy) is 4. The van der Waals surface area contributed by atoms with Crippen molar-refractivity contribution in [3.63, 3.8) is 0 Å². The standard InChI is InChI=1S/C22H15NO4S/c1-2-15(13-4-6-16-18(10-13)25-9-8-24-16)21-20(3-1)28-22(23-21)14-5-7-17-19(11-14)27-12-26-17/h1-7,10-11H,8-9,12H2. The van der Waals surface area contributed by atoms with Crippen LogP contribution in [0.15, 0.2) is 54.6 Å². The van der Waals surface area contributed by atoms with Crippen LogP contribution < -0.4 is 18.9 Å². The first kappa shape index (κ1) is 15.8. The van der Waals surface area contributed by atoms with Gasteiger partial charge in [-0.1, -0.05) is 18.2 Å². The minimum Gasteiger partial charge on any atom is -0.486 e. The monoisotopic (exact) mass is 389 g/mol. The van der Waals surface area contributed by atoms with Crippen molar-refractivity contribution in [2.24, 2.45) is 0 Å². The van der Waals surface area contributed by atoms with Crippen LogP contribution in [0, 0.1) is 0 Å². The molecule has 0 atom stereocenters. The lowest BCUT2D eigenvalue weighted by Crippen LogP contribution is -2.15. The maximum absolute atomic E-state index is 5.75. The van der Waals surface area contributed by atoms with Crippen LogP contribution in [-0.2, 0) is 0 Å². The second-order valence-electron chi connectivity index (χ2n) is 6.60. The average molecular weight is 389 g/mol. The molecule has 0 N–H and O–H groups in total. The van der Waals surface area contributed by atoms with Crippen LogP contribution in [0.4, 0.5) is 0 Å². The number of rotatable bonds is 2. The number of para-hydroxylation sites is 1. The van der Waals surface area contributed by atoms with Crippen molar-refractivity contribution in [1.29, 1.82) is 0 Å². The van der Waals surface area contributed by atoms with Crippen molar-refractivity contribution in [3.8, 4) is 44.7 Å².